The lowest BCUT2D eigenvalue weighted by molar-refractivity contribution is 0.0799. The summed E-state index contributed by atoms with van der Waals surface area (Å²) in [5.41, 5.74) is 2.70. The minimum absolute atomic E-state index is 0.0646. The molecule has 1 aromatic carbocycles. The van der Waals surface area contributed by atoms with Crippen LogP contribution in [-0.4, -0.2) is 32.4 Å². The summed E-state index contributed by atoms with van der Waals surface area (Å²) >= 11 is 0. The van der Waals surface area contributed by atoms with E-state index < -0.39 is 0 Å². The molecule has 0 saturated heterocycles. The van der Waals surface area contributed by atoms with Crippen molar-refractivity contribution in [3.8, 4) is 5.75 Å². The van der Waals surface area contributed by atoms with Crippen LogP contribution in [0.25, 0.3) is 0 Å². The first-order valence-electron chi connectivity index (χ1n) is 7.90. The summed E-state index contributed by atoms with van der Waals surface area (Å²) < 4.78 is 11.4. The monoisotopic (exact) mass is 291 g/mol. The van der Waals surface area contributed by atoms with Crippen molar-refractivity contribution in [2.75, 3.05) is 20.3 Å². The Morgan fingerprint density at radius 1 is 1.29 bits per heavy atom. The predicted molar refractivity (Wildman–Crippen MR) is 87.2 cm³/mol. The zero-order chi connectivity index (χ0) is 15.5. The van der Waals surface area contributed by atoms with Crippen molar-refractivity contribution in [2.45, 2.75) is 58.1 Å². The summed E-state index contributed by atoms with van der Waals surface area (Å²) in [6.07, 6.45) is 2.65. The Balaban J connectivity index is 2.01. The lowest BCUT2D eigenvalue weighted by Gasteiger charge is -2.23. The van der Waals surface area contributed by atoms with Crippen LogP contribution in [0.4, 0.5) is 0 Å². The minimum Gasteiger partial charge on any atom is -0.486 e. The Morgan fingerprint density at radius 2 is 2.00 bits per heavy atom. The highest BCUT2D eigenvalue weighted by molar-refractivity contribution is 5.38. The number of hydrogen-bond acceptors (Lipinski definition) is 3. The van der Waals surface area contributed by atoms with Gasteiger partial charge in [-0.25, -0.2) is 0 Å². The molecule has 1 N–H and O–H groups in total. The standard InChI is InChI=1S/C18H29NO2/c1-13-10-14(18(2,3)4)6-9-17(13)21-16(12-20-5)11-19-15-7-8-15/h6,9-10,15-16,19H,7-8,11-12H2,1-5H3. The summed E-state index contributed by atoms with van der Waals surface area (Å²) in [5, 5.41) is 3.51. The van der Waals surface area contributed by atoms with Gasteiger partial charge in [0.25, 0.3) is 0 Å². The van der Waals surface area contributed by atoms with Crippen LogP contribution in [0, 0.1) is 6.92 Å². The third-order valence-corrected chi connectivity index (χ3v) is 3.90. The molecule has 21 heavy (non-hydrogen) atoms. The second kappa shape index (κ2) is 6.80. The largest absolute Gasteiger partial charge is 0.486 e. The van der Waals surface area contributed by atoms with Crippen LogP contribution < -0.4 is 10.1 Å². The average molecular weight is 291 g/mol. The van der Waals surface area contributed by atoms with Crippen molar-refractivity contribution in [3.05, 3.63) is 29.3 Å². The first kappa shape index (κ1) is 16.3. The van der Waals surface area contributed by atoms with Gasteiger partial charge in [0.05, 0.1) is 6.61 Å². The molecular weight excluding hydrogens is 262 g/mol. The summed E-state index contributed by atoms with van der Waals surface area (Å²) in [4.78, 5) is 0. The topological polar surface area (TPSA) is 30.5 Å². The molecule has 1 aliphatic rings. The number of ether oxygens (including phenoxy) is 2. The zero-order valence-electron chi connectivity index (χ0n) is 14.0. The summed E-state index contributed by atoms with van der Waals surface area (Å²) in [6.45, 7) is 10.3. The van der Waals surface area contributed by atoms with Gasteiger partial charge in [-0.2, -0.15) is 0 Å². The summed E-state index contributed by atoms with van der Waals surface area (Å²) in [6, 6.07) is 7.18. The summed E-state index contributed by atoms with van der Waals surface area (Å²) in [5.74, 6) is 0.961. The summed E-state index contributed by atoms with van der Waals surface area (Å²) in [7, 11) is 1.73. The fourth-order valence-electron chi connectivity index (χ4n) is 2.33. The van der Waals surface area contributed by atoms with Crippen molar-refractivity contribution in [2.24, 2.45) is 0 Å². The van der Waals surface area contributed by atoms with Gasteiger partial charge in [0.2, 0.25) is 0 Å². The molecule has 0 heterocycles. The van der Waals surface area contributed by atoms with Crippen LogP contribution in [0.15, 0.2) is 18.2 Å². The smallest absolute Gasteiger partial charge is 0.134 e. The van der Waals surface area contributed by atoms with E-state index in [9.17, 15) is 0 Å². The Labute approximate surface area is 129 Å². The molecule has 0 radical (unpaired) electrons. The minimum atomic E-state index is 0.0646. The van der Waals surface area contributed by atoms with Gasteiger partial charge in [0, 0.05) is 19.7 Å². The van der Waals surface area contributed by atoms with Gasteiger partial charge in [-0.3, -0.25) is 0 Å². The fraction of sp³-hybridized carbons (Fsp3) is 0.667. The van der Waals surface area contributed by atoms with Crippen LogP contribution in [-0.2, 0) is 10.2 Å². The molecule has 1 aromatic rings. The highest BCUT2D eigenvalue weighted by Crippen LogP contribution is 2.28. The average Bonchev–Trinajstić information content (AvgIpc) is 3.21. The van der Waals surface area contributed by atoms with Crippen LogP contribution in [0.2, 0.25) is 0 Å². The molecule has 0 aliphatic heterocycles. The van der Waals surface area contributed by atoms with Crippen molar-refractivity contribution in [1.29, 1.82) is 0 Å². The highest BCUT2D eigenvalue weighted by Gasteiger charge is 2.23. The van der Waals surface area contributed by atoms with Gasteiger partial charge >= 0.3 is 0 Å². The first-order valence-corrected chi connectivity index (χ1v) is 7.90. The molecule has 118 valence electrons. The van der Waals surface area contributed by atoms with Crippen LogP contribution in [0.1, 0.15) is 44.7 Å². The van der Waals surface area contributed by atoms with Crippen LogP contribution in [0.3, 0.4) is 0 Å². The SMILES string of the molecule is COCC(CNC1CC1)Oc1ccc(C(C)(C)C)cc1C. The number of hydrogen-bond donors (Lipinski definition) is 1. The van der Waals surface area contributed by atoms with E-state index in [-0.39, 0.29) is 11.5 Å². The molecule has 1 saturated carbocycles. The Hall–Kier alpha value is -1.06. The molecule has 3 nitrogen and oxygen atoms in total. The van der Waals surface area contributed by atoms with E-state index >= 15 is 0 Å². The van der Waals surface area contributed by atoms with Crippen molar-refractivity contribution < 1.29 is 9.47 Å². The van der Waals surface area contributed by atoms with E-state index in [1.54, 1.807) is 7.11 Å². The predicted octanol–water partition coefficient (Wildman–Crippen LogP) is 3.44. The van der Waals surface area contributed by atoms with Crippen molar-refractivity contribution in [1.82, 2.24) is 5.32 Å². The molecule has 1 aliphatic carbocycles. The lowest BCUT2D eigenvalue weighted by atomic mass is 9.86. The number of methoxy groups -OCH3 is 1. The number of nitrogens with one attached hydrogen (secondary N) is 1. The molecule has 1 atom stereocenters. The van der Waals surface area contributed by atoms with Gasteiger partial charge in [-0.1, -0.05) is 32.9 Å². The molecule has 0 aromatic heterocycles. The van der Waals surface area contributed by atoms with Crippen LogP contribution >= 0.6 is 0 Å². The Morgan fingerprint density at radius 3 is 2.52 bits per heavy atom. The van der Waals surface area contributed by atoms with E-state index in [4.69, 9.17) is 9.47 Å². The van der Waals surface area contributed by atoms with Crippen molar-refractivity contribution >= 4 is 0 Å². The normalized spacial score (nSPS) is 16.8. The second-order valence-electron chi connectivity index (χ2n) is 7.11. The van der Waals surface area contributed by atoms with Gasteiger partial charge in [0.15, 0.2) is 0 Å². The Kier molecular flexibility index (Phi) is 5.28. The maximum absolute atomic E-state index is 6.14. The molecule has 1 unspecified atom stereocenters. The van der Waals surface area contributed by atoms with Gasteiger partial charge < -0.3 is 14.8 Å². The lowest BCUT2D eigenvalue weighted by Crippen LogP contribution is -2.36. The second-order valence-corrected chi connectivity index (χ2v) is 7.11. The molecule has 1 fully saturated rings. The maximum atomic E-state index is 6.14. The van der Waals surface area contributed by atoms with Gasteiger partial charge in [0.1, 0.15) is 11.9 Å². The Bertz CT molecular complexity index is 461. The number of benzene rings is 1. The van der Waals surface area contributed by atoms with E-state index in [0.29, 0.717) is 12.6 Å². The molecule has 0 spiro atoms. The van der Waals surface area contributed by atoms with Gasteiger partial charge in [-0.05, 0) is 42.4 Å². The quantitative estimate of drug-likeness (QED) is 0.835. The van der Waals surface area contributed by atoms with Crippen molar-refractivity contribution in [3.63, 3.8) is 0 Å². The van der Waals surface area contributed by atoms with Crippen LogP contribution in [0.5, 0.6) is 5.75 Å². The molecule has 0 amide bonds. The fourth-order valence-corrected chi connectivity index (χ4v) is 2.33. The molecular formula is C18H29NO2. The van der Waals surface area contributed by atoms with E-state index in [1.807, 2.05) is 0 Å². The molecule has 3 heteroatoms. The molecule has 2 rings (SSSR count). The van der Waals surface area contributed by atoms with E-state index in [1.165, 1.54) is 24.0 Å². The third-order valence-electron chi connectivity index (χ3n) is 3.90. The maximum Gasteiger partial charge on any atom is 0.134 e. The van der Waals surface area contributed by atoms with E-state index in [2.05, 4.69) is 51.2 Å². The highest BCUT2D eigenvalue weighted by atomic mass is 16.5. The number of aryl methyl sites for hydroxylation is 1. The van der Waals surface area contributed by atoms with E-state index in [0.717, 1.165) is 12.3 Å². The van der Waals surface area contributed by atoms with Gasteiger partial charge in [-0.15, -0.1) is 0 Å². The zero-order valence-corrected chi connectivity index (χ0v) is 14.0. The third kappa shape index (κ3) is 5.01. The molecule has 0 bridgehead atoms. The first-order chi connectivity index (χ1) is 9.90. The number of rotatable bonds is 7.